The van der Waals surface area contributed by atoms with Crippen molar-refractivity contribution in [2.45, 2.75) is 27.7 Å². The van der Waals surface area contributed by atoms with Crippen molar-refractivity contribution in [3.63, 3.8) is 0 Å². The Kier molecular flexibility index (Phi) is 20.6. The van der Waals surface area contributed by atoms with E-state index >= 15 is 0 Å². The van der Waals surface area contributed by atoms with Crippen molar-refractivity contribution in [1.82, 2.24) is 60.0 Å². The first-order valence-corrected chi connectivity index (χ1v) is 17.3. The van der Waals surface area contributed by atoms with E-state index in [0.717, 1.165) is 17.1 Å². The number of hydrogen-bond acceptors (Lipinski definition) is 15. The number of aromatic nitrogens is 9. The van der Waals surface area contributed by atoms with Gasteiger partial charge in [0.15, 0.2) is 0 Å². The first-order valence-electron chi connectivity index (χ1n) is 18.8. The van der Waals surface area contributed by atoms with E-state index in [0.29, 0.717) is 39.9 Å². The van der Waals surface area contributed by atoms with Crippen LogP contribution < -0.4 is 36.8 Å². The molecule has 0 bridgehead atoms. The molecule has 0 atom stereocenters. The summed E-state index contributed by atoms with van der Waals surface area (Å²) in [6.45, 7) is 6.41. The van der Waals surface area contributed by atoms with E-state index in [9.17, 15) is 9.59 Å². The largest absolute Gasteiger partial charge is 0.359 e. The van der Waals surface area contributed by atoms with E-state index in [1.807, 2.05) is 112 Å². The summed E-state index contributed by atoms with van der Waals surface area (Å²) in [5, 5.41) is 13.8. The van der Waals surface area contributed by atoms with Gasteiger partial charge in [0.05, 0.1) is 21.1 Å². The second-order valence-electron chi connectivity index (χ2n) is 11.8. The lowest BCUT2D eigenvalue weighted by Crippen LogP contribution is -2.36. The van der Waals surface area contributed by atoms with Gasteiger partial charge in [-0.1, -0.05) is 54.6 Å². The van der Waals surface area contributed by atoms with Gasteiger partial charge in [0.2, 0.25) is 29.7 Å². The van der Waals surface area contributed by atoms with Crippen molar-refractivity contribution >= 4 is 52.7 Å². The normalized spacial score (nSPS) is 10.2. The second kappa shape index (κ2) is 27.5. The van der Waals surface area contributed by atoms with E-state index in [2.05, 4.69) is 77.2 Å². The van der Waals surface area contributed by atoms with Crippen LogP contribution in [-0.2, 0) is 9.59 Å². The van der Waals surface area contributed by atoms with Gasteiger partial charge in [-0.3, -0.25) is 14.1 Å². The predicted octanol–water partition coefficient (Wildman–Crippen LogP) is 4.74. The molecule has 0 aliphatic carbocycles. The molecule has 3 heterocycles. The molecular weight excluding hydrogens is 725 g/mol. The lowest BCUT2D eigenvalue weighted by Gasteiger charge is -2.20. The summed E-state index contributed by atoms with van der Waals surface area (Å²) in [5.41, 5.74) is 7.17. The van der Waals surface area contributed by atoms with Crippen molar-refractivity contribution in [1.29, 1.82) is 0 Å². The molecule has 18 nitrogen and oxygen atoms in total. The van der Waals surface area contributed by atoms with Crippen molar-refractivity contribution in [3.8, 4) is 0 Å². The van der Waals surface area contributed by atoms with Gasteiger partial charge in [-0.25, -0.2) is 24.9 Å². The molecule has 0 fully saturated rings. The number of quaternary nitrogens is 1. The molecule has 0 spiro atoms. The number of hydrogen-bond donors (Lipinski definition) is 6. The maximum atomic E-state index is 9.70. The van der Waals surface area contributed by atoms with Crippen LogP contribution in [0.15, 0.2) is 110 Å². The summed E-state index contributed by atoms with van der Waals surface area (Å²) in [6, 6.07) is 28.8. The van der Waals surface area contributed by atoms with E-state index in [1.54, 1.807) is 27.9 Å². The fraction of sp³-hybridized carbons (Fsp3) is 0.256. The molecule has 0 unspecified atom stereocenters. The number of carbonyl (C=O) groups is 2. The number of nitrogens with one attached hydrogen (secondary N) is 5. The first-order chi connectivity index (χ1) is 28.5. The van der Waals surface area contributed by atoms with Crippen LogP contribution in [0.4, 0.5) is 40.9 Å². The zero-order chi connectivity index (χ0) is 45.1. The third kappa shape index (κ3) is 22.7. The van der Waals surface area contributed by atoms with E-state index in [4.69, 9.17) is 4.11 Å². The highest BCUT2D eigenvalue weighted by atomic mass is 16.1. The highest BCUT2D eigenvalue weighted by Crippen LogP contribution is 2.15. The number of rotatable bonds is 7. The summed E-state index contributed by atoms with van der Waals surface area (Å²) in [5.74, 6) is 2.83. The summed E-state index contributed by atoms with van der Waals surface area (Å²) >= 11 is 0. The Hall–Kier alpha value is -7.05. The molecule has 0 saturated heterocycles. The van der Waals surface area contributed by atoms with E-state index in [1.165, 1.54) is 20.9 Å². The van der Waals surface area contributed by atoms with Crippen LogP contribution in [0.3, 0.4) is 0 Å². The number of para-hydroxylation sites is 3. The topological polar surface area (TPSA) is 236 Å². The van der Waals surface area contributed by atoms with Crippen molar-refractivity contribution in [2.24, 2.45) is 5.73 Å². The lowest BCUT2D eigenvalue weighted by molar-refractivity contribution is -0.119. The van der Waals surface area contributed by atoms with E-state index in [-0.39, 0.29) is 30.7 Å². The SMILES string of the molecule is CN.CNC(C)=O.CNC(C)=O.[3H]c1nc(C)nc(Nc2ccccc2)n1.[3H]c1nc(C)nc(Nc2ccccc2)n1.[3H]c1nc(Nc2ccccc2)nc([N+](C)(C)C)n1. The highest BCUT2D eigenvalue weighted by Gasteiger charge is 2.16. The van der Waals surface area contributed by atoms with E-state index < -0.39 is 0 Å². The summed E-state index contributed by atoms with van der Waals surface area (Å²) in [7, 11) is 10.5. The van der Waals surface area contributed by atoms with Crippen molar-refractivity contribution in [2.75, 3.05) is 58.2 Å². The summed E-state index contributed by atoms with van der Waals surface area (Å²) in [6.07, 6.45) is -0.0895. The number of benzene rings is 3. The van der Waals surface area contributed by atoms with Crippen LogP contribution in [0.1, 0.15) is 29.6 Å². The fourth-order valence-corrected chi connectivity index (χ4v) is 3.38. The first kappa shape index (κ1) is 42.7. The molecule has 0 aliphatic heterocycles. The number of amides is 2. The van der Waals surface area contributed by atoms with Gasteiger partial charge in [-0.2, -0.15) is 15.0 Å². The van der Waals surface area contributed by atoms with Crippen LogP contribution in [0, 0.1) is 13.8 Å². The monoisotopic (exact) mass is 785 g/mol. The van der Waals surface area contributed by atoms with Crippen molar-refractivity contribution < 1.29 is 13.7 Å². The minimum absolute atomic E-state index is 0.00463. The Morgan fingerprint density at radius 3 is 1.07 bits per heavy atom. The molecule has 6 aromatic rings. The van der Waals surface area contributed by atoms with Gasteiger partial charge in [0, 0.05) is 45.0 Å². The number of anilines is 6. The minimum atomic E-state index is -0.0357. The Balaban J connectivity index is 0.000000398. The molecule has 3 aromatic carbocycles. The zero-order valence-corrected chi connectivity index (χ0v) is 34.0. The third-order valence-corrected chi connectivity index (χ3v) is 6.18. The predicted molar refractivity (Wildman–Crippen MR) is 227 cm³/mol. The van der Waals surface area contributed by atoms with Gasteiger partial charge in [-0.15, -0.1) is 4.98 Å². The molecule has 7 N–H and O–H groups in total. The Morgan fingerprint density at radius 1 is 0.526 bits per heavy atom. The van der Waals surface area contributed by atoms with Crippen LogP contribution in [0.25, 0.3) is 0 Å². The molecule has 0 saturated carbocycles. The Morgan fingerprint density at radius 2 is 0.807 bits per heavy atom. The maximum Gasteiger partial charge on any atom is 0.333 e. The van der Waals surface area contributed by atoms with Gasteiger partial charge >= 0.3 is 5.95 Å². The average Bonchev–Trinajstić information content (AvgIpc) is 3.19. The number of aryl methyl sites for hydroxylation is 2. The van der Waals surface area contributed by atoms with Crippen LogP contribution >= 0.6 is 0 Å². The molecule has 6 rings (SSSR count). The maximum absolute atomic E-state index is 9.70. The average molecular weight is 786 g/mol. The molecule has 302 valence electrons. The second-order valence-corrected chi connectivity index (χ2v) is 11.8. The number of nitrogens with zero attached hydrogens (tertiary/aromatic N) is 10. The summed E-state index contributed by atoms with van der Waals surface area (Å²) in [4.78, 5) is 55.1. The number of carbonyl (C=O) groups excluding carboxylic acids is 2. The van der Waals surface area contributed by atoms with Gasteiger partial charge in [-0.05, 0) is 57.3 Å². The fourth-order valence-electron chi connectivity index (χ4n) is 3.38. The molecule has 0 radical (unpaired) electrons. The standard InChI is InChI=1S/C12H16N5.2C10H10N4.2C3H7NO.CH5N/c1-17(2,3)12-14-9-13-11(16-12)15-10-7-5-4-6-8-10;2*1-8-11-7-12-10(13-8)14-9-5-3-2-4-6-9;2*1-3(5)4-2;1-2/h4-9H,1-3H3,(H,13,14,15,16);2*2-7H,1H3,(H,11,12,13,14);2*1-2H3,(H,4,5);2H2,1H3/q+1;;;;;/i9T;2*7T;;;. The van der Waals surface area contributed by atoms with Gasteiger partial charge < -0.3 is 32.3 Å². The van der Waals surface area contributed by atoms with Crippen molar-refractivity contribution in [3.05, 3.63) is 122 Å². The van der Waals surface area contributed by atoms with Crippen LogP contribution in [-0.4, -0.2) is 99.0 Å². The molecule has 2 amide bonds. The van der Waals surface area contributed by atoms with Crippen LogP contribution in [0.2, 0.25) is 0 Å². The summed E-state index contributed by atoms with van der Waals surface area (Å²) < 4.78 is 22.7. The van der Waals surface area contributed by atoms with Gasteiger partial charge in [0.25, 0.3) is 0 Å². The Labute approximate surface area is 339 Å². The zero-order valence-electron chi connectivity index (χ0n) is 37.0. The quantitative estimate of drug-likeness (QED) is 0.120. The number of nitrogens with two attached hydrogens (primary N) is 1. The molecule has 3 aromatic heterocycles. The third-order valence-electron chi connectivity index (χ3n) is 6.18. The van der Waals surface area contributed by atoms with Crippen LogP contribution in [0.5, 0.6) is 0 Å². The van der Waals surface area contributed by atoms with Gasteiger partial charge in [0.1, 0.15) is 34.7 Å². The smallest absolute Gasteiger partial charge is 0.333 e. The molecule has 18 heteroatoms. The Bertz CT molecular complexity index is 2010. The molecular formula is C39H55N16O2+. The molecule has 57 heavy (non-hydrogen) atoms. The highest BCUT2D eigenvalue weighted by molar-refractivity contribution is 5.72. The lowest BCUT2D eigenvalue weighted by atomic mass is 10.3. The molecule has 0 aliphatic rings. The minimum Gasteiger partial charge on any atom is -0.359 e.